The van der Waals surface area contributed by atoms with Crippen LogP contribution in [0.5, 0.6) is 5.75 Å². The van der Waals surface area contributed by atoms with Gasteiger partial charge in [-0.25, -0.2) is 9.97 Å². The molecule has 5 nitrogen and oxygen atoms in total. The number of carbonyl (C=O) groups excluding carboxylic acids is 1. The summed E-state index contributed by atoms with van der Waals surface area (Å²) in [5.74, 6) is -0.0840. The van der Waals surface area contributed by atoms with Crippen LogP contribution in [0.4, 0.5) is 18.9 Å². The summed E-state index contributed by atoms with van der Waals surface area (Å²) in [6.07, 6.45) is -2.44. The molecule has 1 amide bonds. The molecule has 0 aliphatic carbocycles. The van der Waals surface area contributed by atoms with Gasteiger partial charge in [0.1, 0.15) is 17.3 Å². The Hall–Kier alpha value is -2.64. The molecule has 2 aromatic rings. The van der Waals surface area contributed by atoms with Gasteiger partial charge in [-0.2, -0.15) is 13.2 Å². The normalized spacial score (nSPS) is 11.2. The van der Waals surface area contributed by atoms with Gasteiger partial charge in [-0.05, 0) is 37.6 Å². The summed E-state index contributed by atoms with van der Waals surface area (Å²) in [4.78, 5) is 20.0. The number of hydrogen-bond acceptors (Lipinski definition) is 4. The van der Waals surface area contributed by atoms with Gasteiger partial charge in [0.05, 0.1) is 17.9 Å². The maximum atomic E-state index is 12.9. The molecule has 0 bridgehead atoms. The summed E-state index contributed by atoms with van der Waals surface area (Å²) >= 11 is 0. The number of hydrogen-bond donors (Lipinski definition) is 1. The summed E-state index contributed by atoms with van der Waals surface area (Å²) in [5.41, 5.74) is -0.874. The van der Waals surface area contributed by atoms with Crippen LogP contribution in [0.3, 0.4) is 0 Å². The third-order valence-corrected chi connectivity index (χ3v) is 3.03. The van der Waals surface area contributed by atoms with Crippen molar-refractivity contribution < 1.29 is 22.7 Å². The van der Waals surface area contributed by atoms with Crippen molar-refractivity contribution in [2.45, 2.75) is 26.4 Å². The molecule has 0 saturated carbocycles. The third kappa shape index (κ3) is 4.43. The number of alkyl halides is 3. The summed E-state index contributed by atoms with van der Waals surface area (Å²) in [5, 5.41) is 2.42. The molecular weight excluding hydrogens is 323 g/mol. The Morgan fingerprint density at radius 3 is 2.67 bits per heavy atom. The lowest BCUT2D eigenvalue weighted by molar-refractivity contribution is -0.137. The van der Waals surface area contributed by atoms with Crippen LogP contribution < -0.4 is 10.1 Å². The molecule has 24 heavy (non-hydrogen) atoms. The number of rotatable bonds is 5. The van der Waals surface area contributed by atoms with Gasteiger partial charge in [0.15, 0.2) is 0 Å². The van der Waals surface area contributed by atoms with Crippen LogP contribution >= 0.6 is 0 Å². The van der Waals surface area contributed by atoms with E-state index in [1.165, 1.54) is 18.3 Å². The van der Waals surface area contributed by atoms with E-state index in [0.29, 0.717) is 18.9 Å². The minimum Gasteiger partial charge on any atom is -0.491 e. The zero-order valence-corrected chi connectivity index (χ0v) is 13.1. The minimum absolute atomic E-state index is 0.0560. The van der Waals surface area contributed by atoms with Gasteiger partial charge in [-0.3, -0.25) is 4.79 Å². The standard InChI is InChI=1S/C16H16F3N3O2/c1-3-8-24-14-5-4-11(16(17,18)19)9-13(14)22-15(23)12-6-7-20-10(2)21-12/h4-7,9H,3,8H2,1-2H3,(H,22,23). The Kier molecular flexibility index (Phi) is 5.38. The van der Waals surface area contributed by atoms with E-state index >= 15 is 0 Å². The monoisotopic (exact) mass is 339 g/mol. The van der Waals surface area contributed by atoms with Crippen LogP contribution in [0.1, 0.15) is 35.2 Å². The van der Waals surface area contributed by atoms with Gasteiger partial charge in [0.25, 0.3) is 5.91 Å². The molecule has 0 radical (unpaired) electrons. The number of benzene rings is 1. The molecule has 1 N–H and O–H groups in total. The van der Waals surface area contributed by atoms with Crippen molar-refractivity contribution in [2.24, 2.45) is 0 Å². The first kappa shape index (κ1) is 17.7. The van der Waals surface area contributed by atoms with Crippen molar-refractivity contribution >= 4 is 11.6 Å². The fourth-order valence-corrected chi connectivity index (χ4v) is 1.91. The van der Waals surface area contributed by atoms with Crippen molar-refractivity contribution in [2.75, 3.05) is 11.9 Å². The van der Waals surface area contributed by atoms with Gasteiger partial charge in [-0.1, -0.05) is 6.92 Å². The molecule has 1 aromatic carbocycles. The first-order valence-electron chi connectivity index (χ1n) is 7.26. The predicted molar refractivity (Wildman–Crippen MR) is 82.0 cm³/mol. The van der Waals surface area contributed by atoms with Gasteiger partial charge in [0.2, 0.25) is 0 Å². The number of nitrogens with one attached hydrogen (secondary N) is 1. The Balaban J connectivity index is 2.33. The Morgan fingerprint density at radius 2 is 2.04 bits per heavy atom. The van der Waals surface area contributed by atoms with Gasteiger partial charge < -0.3 is 10.1 Å². The molecule has 2 rings (SSSR count). The molecule has 0 spiro atoms. The molecule has 128 valence electrons. The average Bonchev–Trinajstić information content (AvgIpc) is 2.52. The number of amides is 1. The highest BCUT2D eigenvalue weighted by Gasteiger charge is 2.31. The molecule has 0 atom stereocenters. The zero-order valence-electron chi connectivity index (χ0n) is 13.1. The maximum Gasteiger partial charge on any atom is 0.416 e. The SMILES string of the molecule is CCCOc1ccc(C(F)(F)F)cc1NC(=O)c1ccnc(C)n1. The van der Waals surface area contributed by atoms with Crippen molar-refractivity contribution in [3.05, 3.63) is 47.5 Å². The molecule has 0 saturated heterocycles. The van der Waals surface area contributed by atoms with Crippen LogP contribution in [0.15, 0.2) is 30.5 Å². The Morgan fingerprint density at radius 1 is 1.29 bits per heavy atom. The maximum absolute atomic E-state index is 12.9. The van der Waals surface area contributed by atoms with Crippen LogP contribution in [0.2, 0.25) is 0 Å². The average molecular weight is 339 g/mol. The summed E-state index contributed by atoms with van der Waals surface area (Å²) in [7, 11) is 0. The molecular formula is C16H16F3N3O2. The van der Waals surface area contributed by atoms with Gasteiger partial charge >= 0.3 is 6.18 Å². The van der Waals surface area contributed by atoms with E-state index in [-0.39, 0.29) is 17.1 Å². The van der Waals surface area contributed by atoms with Crippen molar-refractivity contribution in [1.82, 2.24) is 9.97 Å². The number of aryl methyl sites for hydroxylation is 1. The minimum atomic E-state index is -4.52. The van der Waals surface area contributed by atoms with Gasteiger partial charge in [-0.15, -0.1) is 0 Å². The molecule has 0 aliphatic heterocycles. The highest BCUT2D eigenvalue weighted by molar-refractivity contribution is 6.03. The largest absolute Gasteiger partial charge is 0.491 e. The number of carbonyl (C=O) groups is 1. The van der Waals surface area contributed by atoms with E-state index in [4.69, 9.17) is 4.74 Å². The second-order valence-corrected chi connectivity index (χ2v) is 5.00. The van der Waals surface area contributed by atoms with Crippen LogP contribution in [0.25, 0.3) is 0 Å². The lowest BCUT2D eigenvalue weighted by atomic mass is 10.1. The number of halogens is 3. The van der Waals surface area contributed by atoms with E-state index in [0.717, 1.165) is 12.1 Å². The summed E-state index contributed by atoms with van der Waals surface area (Å²) in [6.45, 7) is 3.80. The third-order valence-electron chi connectivity index (χ3n) is 3.03. The zero-order chi connectivity index (χ0) is 17.7. The first-order valence-corrected chi connectivity index (χ1v) is 7.26. The molecule has 1 heterocycles. The van der Waals surface area contributed by atoms with Gasteiger partial charge in [0, 0.05) is 6.20 Å². The molecule has 0 aliphatic rings. The summed E-state index contributed by atoms with van der Waals surface area (Å²) < 4.78 is 44.1. The highest BCUT2D eigenvalue weighted by Crippen LogP contribution is 2.35. The molecule has 0 fully saturated rings. The lowest BCUT2D eigenvalue weighted by Crippen LogP contribution is -2.16. The molecule has 1 aromatic heterocycles. The topological polar surface area (TPSA) is 64.1 Å². The second-order valence-electron chi connectivity index (χ2n) is 5.00. The molecule has 8 heteroatoms. The van der Waals surface area contributed by atoms with Crippen molar-refractivity contribution in [1.29, 1.82) is 0 Å². The number of nitrogens with zero attached hydrogens (tertiary/aromatic N) is 2. The lowest BCUT2D eigenvalue weighted by Gasteiger charge is -2.15. The van der Waals surface area contributed by atoms with Crippen molar-refractivity contribution in [3.8, 4) is 5.75 Å². The fourth-order valence-electron chi connectivity index (χ4n) is 1.91. The fraction of sp³-hybridized carbons (Fsp3) is 0.312. The van der Waals surface area contributed by atoms with Crippen LogP contribution in [-0.2, 0) is 6.18 Å². The van der Waals surface area contributed by atoms with Crippen LogP contribution in [0, 0.1) is 6.92 Å². The highest BCUT2D eigenvalue weighted by atomic mass is 19.4. The number of ether oxygens (including phenoxy) is 1. The Labute approximate surface area is 136 Å². The predicted octanol–water partition coefficient (Wildman–Crippen LogP) is 3.84. The van der Waals surface area contributed by atoms with E-state index in [1.807, 2.05) is 6.92 Å². The molecule has 0 unspecified atom stereocenters. The van der Waals surface area contributed by atoms with Crippen LogP contribution in [-0.4, -0.2) is 22.5 Å². The second kappa shape index (κ2) is 7.29. The number of anilines is 1. The van der Waals surface area contributed by atoms with Crippen molar-refractivity contribution in [3.63, 3.8) is 0 Å². The van der Waals surface area contributed by atoms with E-state index in [9.17, 15) is 18.0 Å². The Bertz CT molecular complexity index is 733. The van der Waals surface area contributed by atoms with E-state index in [1.54, 1.807) is 6.92 Å². The quantitative estimate of drug-likeness (QED) is 0.899. The first-order chi connectivity index (χ1) is 11.3. The summed E-state index contributed by atoms with van der Waals surface area (Å²) in [6, 6.07) is 4.33. The number of aromatic nitrogens is 2. The van der Waals surface area contributed by atoms with E-state index < -0.39 is 17.6 Å². The smallest absolute Gasteiger partial charge is 0.416 e. The van der Waals surface area contributed by atoms with E-state index in [2.05, 4.69) is 15.3 Å².